The number of anilines is 1. The van der Waals surface area contributed by atoms with Gasteiger partial charge in [0.25, 0.3) is 0 Å². The number of nitrogens with one attached hydrogen (secondary N) is 1. The van der Waals surface area contributed by atoms with Gasteiger partial charge < -0.3 is 5.32 Å². The van der Waals surface area contributed by atoms with Gasteiger partial charge in [-0.2, -0.15) is 4.31 Å². The number of carbonyl (C=O) groups is 1. The van der Waals surface area contributed by atoms with Crippen LogP contribution in [0.2, 0.25) is 0 Å². The molecule has 1 amide bonds. The number of sulfonamides is 1. The first-order valence-electron chi connectivity index (χ1n) is 11.1. The number of nitrogens with zero attached hydrogens (tertiary/aromatic N) is 1. The lowest BCUT2D eigenvalue weighted by atomic mass is 10.0. The van der Waals surface area contributed by atoms with Crippen LogP contribution >= 0.6 is 0 Å². The highest BCUT2D eigenvalue weighted by Gasteiger charge is 2.24. The van der Waals surface area contributed by atoms with E-state index in [1.807, 2.05) is 42.5 Å². The molecule has 166 valence electrons. The third-order valence-electron chi connectivity index (χ3n) is 5.77. The van der Waals surface area contributed by atoms with E-state index in [1.54, 1.807) is 28.6 Å². The molecule has 0 saturated carbocycles. The summed E-state index contributed by atoms with van der Waals surface area (Å²) in [6.07, 6.45) is 4.21. The number of hydrogen-bond donors (Lipinski definition) is 1. The fourth-order valence-electron chi connectivity index (χ4n) is 3.98. The summed E-state index contributed by atoms with van der Waals surface area (Å²) in [5.41, 5.74) is 3.75. The Hall–Kier alpha value is -2.96. The van der Waals surface area contributed by atoms with E-state index in [9.17, 15) is 13.2 Å². The maximum Gasteiger partial charge on any atom is 0.243 e. The van der Waals surface area contributed by atoms with Crippen LogP contribution in [-0.4, -0.2) is 31.7 Å². The van der Waals surface area contributed by atoms with Crippen molar-refractivity contribution in [3.05, 3.63) is 84.4 Å². The minimum absolute atomic E-state index is 0.138. The lowest BCUT2D eigenvalue weighted by molar-refractivity contribution is -0.115. The number of carbonyl (C=O) groups excluding carboxylic acids is 1. The van der Waals surface area contributed by atoms with Crippen molar-refractivity contribution in [2.75, 3.05) is 18.4 Å². The van der Waals surface area contributed by atoms with Crippen molar-refractivity contribution >= 4 is 21.6 Å². The predicted molar refractivity (Wildman–Crippen MR) is 128 cm³/mol. The average molecular weight is 449 g/mol. The normalized spacial score (nSPS) is 15.1. The van der Waals surface area contributed by atoms with E-state index >= 15 is 0 Å². The third kappa shape index (κ3) is 5.44. The van der Waals surface area contributed by atoms with E-state index in [0.29, 0.717) is 18.8 Å². The Morgan fingerprint density at radius 1 is 0.750 bits per heavy atom. The number of amides is 1. The van der Waals surface area contributed by atoms with Gasteiger partial charge in [-0.3, -0.25) is 4.79 Å². The van der Waals surface area contributed by atoms with E-state index in [-0.39, 0.29) is 17.2 Å². The maximum absolute atomic E-state index is 12.9. The van der Waals surface area contributed by atoms with Crippen LogP contribution in [-0.2, 0) is 21.2 Å². The molecule has 1 saturated heterocycles. The van der Waals surface area contributed by atoms with E-state index in [4.69, 9.17) is 0 Å². The Morgan fingerprint density at radius 3 is 1.97 bits per heavy atom. The molecule has 3 aromatic carbocycles. The van der Waals surface area contributed by atoms with Gasteiger partial charge in [0.1, 0.15) is 0 Å². The van der Waals surface area contributed by atoms with Crippen LogP contribution in [0.25, 0.3) is 11.1 Å². The second kappa shape index (κ2) is 10.1. The van der Waals surface area contributed by atoms with Crippen LogP contribution in [0.5, 0.6) is 0 Å². The van der Waals surface area contributed by atoms with Crippen LogP contribution in [0, 0.1) is 0 Å². The summed E-state index contributed by atoms with van der Waals surface area (Å²) < 4.78 is 27.3. The van der Waals surface area contributed by atoms with E-state index in [2.05, 4.69) is 17.4 Å². The Labute approximate surface area is 190 Å². The van der Waals surface area contributed by atoms with Gasteiger partial charge in [0.2, 0.25) is 15.9 Å². The lowest BCUT2D eigenvalue weighted by Crippen LogP contribution is -2.31. The zero-order valence-electron chi connectivity index (χ0n) is 18.0. The third-order valence-corrected chi connectivity index (χ3v) is 7.68. The number of hydrogen-bond acceptors (Lipinski definition) is 3. The Bertz CT molecular complexity index is 1130. The standard InChI is InChI=1S/C26H28N2O3S/c29-26(20-21-10-12-23(13-11-21)22-8-4-3-5-9-22)27-24-14-16-25(17-15-24)32(30,31)28-18-6-1-2-7-19-28/h3-5,8-17H,1-2,6-7,18-20H2,(H,27,29). The summed E-state index contributed by atoms with van der Waals surface area (Å²) in [7, 11) is -3.49. The molecule has 0 atom stereocenters. The zero-order chi connectivity index (χ0) is 22.4. The van der Waals surface area contributed by atoms with Crippen LogP contribution in [0.15, 0.2) is 83.8 Å². The quantitative estimate of drug-likeness (QED) is 0.571. The summed E-state index contributed by atoms with van der Waals surface area (Å²) in [6.45, 7) is 1.15. The molecule has 1 N–H and O–H groups in total. The Kier molecular flexibility index (Phi) is 7.02. The van der Waals surface area contributed by atoms with Gasteiger partial charge in [-0.1, -0.05) is 67.4 Å². The first-order chi connectivity index (χ1) is 15.5. The largest absolute Gasteiger partial charge is 0.326 e. The van der Waals surface area contributed by atoms with Crippen molar-refractivity contribution in [3.63, 3.8) is 0 Å². The minimum atomic E-state index is -3.49. The van der Waals surface area contributed by atoms with Crippen molar-refractivity contribution in [1.29, 1.82) is 0 Å². The van der Waals surface area contributed by atoms with Crippen LogP contribution in [0.3, 0.4) is 0 Å². The highest BCUT2D eigenvalue weighted by atomic mass is 32.2. The molecule has 0 unspecified atom stereocenters. The monoisotopic (exact) mass is 448 g/mol. The topological polar surface area (TPSA) is 66.5 Å². The fourth-order valence-corrected chi connectivity index (χ4v) is 5.49. The lowest BCUT2D eigenvalue weighted by Gasteiger charge is -2.20. The second-order valence-electron chi connectivity index (χ2n) is 8.13. The van der Waals surface area contributed by atoms with Gasteiger partial charge in [0, 0.05) is 18.8 Å². The highest BCUT2D eigenvalue weighted by Crippen LogP contribution is 2.22. The molecule has 0 aliphatic carbocycles. The highest BCUT2D eigenvalue weighted by molar-refractivity contribution is 7.89. The smallest absolute Gasteiger partial charge is 0.243 e. The molecule has 0 radical (unpaired) electrons. The van der Waals surface area contributed by atoms with Crippen molar-refractivity contribution in [2.45, 2.75) is 37.0 Å². The second-order valence-corrected chi connectivity index (χ2v) is 10.1. The summed E-state index contributed by atoms with van der Waals surface area (Å²) in [4.78, 5) is 12.7. The molecule has 1 aliphatic heterocycles. The van der Waals surface area contributed by atoms with Crippen LogP contribution in [0.1, 0.15) is 31.2 Å². The van der Waals surface area contributed by atoms with Crippen LogP contribution in [0.4, 0.5) is 5.69 Å². The van der Waals surface area contributed by atoms with Gasteiger partial charge in [-0.25, -0.2) is 8.42 Å². The molecule has 4 rings (SSSR count). The SMILES string of the molecule is O=C(Cc1ccc(-c2ccccc2)cc1)Nc1ccc(S(=O)(=O)N2CCCCCC2)cc1. The van der Waals surface area contributed by atoms with Crippen LogP contribution < -0.4 is 5.32 Å². The summed E-state index contributed by atoms with van der Waals surface area (Å²) in [5.74, 6) is -0.138. The predicted octanol–water partition coefficient (Wildman–Crippen LogP) is 5.10. The molecule has 32 heavy (non-hydrogen) atoms. The van der Waals surface area contributed by atoms with Gasteiger partial charge in [0.15, 0.2) is 0 Å². The summed E-state index contributed by atoms with van der Waals surface area (Å²) in [5, 5.41) is 2.86. The van der Waals surface area contributed by atoms with Gasteiger partial charge in [-0.15, -0.1) is 0 Å². The molecule has 1 fully saturated rings. The number of rotatable bonds is 6. The fraction of sp³-hybridized carbons (Fsp3) is 0.269. The van der Waals surface area contributed by atoms with Crippen molar-refractivity contribution in [2.24, 2.45) is 0 Å². The van der Waals surface area contributed by atoms with Crippen molar-refractivity contribution in [1.82, 2.24) is 4.31 Å². The molecule has 0 bridgehead atoms. The average Bonchev–Trinajstić information content (AvgIpc) is 3.11. The van der Waals surface area contributed by atoms with Gasteiger partial charge >= 0.3 is 0 Å². The minimum Gasteiger partial charge on any atom is -0.326 e. The molecule has 1 heterocycles. The molecular formula is C26H28N2O3S. The zero-order valence-corrected chi connectivity index (χ0v) is 18.9. The molecular weight excluding hydrogens is 420 g/mol. The molecule has 0 spiro atoms. The van der Waals surface area contributed by atoms with E-state index in [0.717, 1.165) is 42.4 Å². The molecule has 6 heteroatoms. The first kappa shape index (κ1) is 22.2. The van der Waals surface area contributed by atoms with Crippen molar-refractivity contribution in [3.8, 4) is 11.1 Å². The Morgan fingerprint density at radius 2 is 1.34 bits per heavy atom. The molecule has 3 aromatic rings. The van der Waals surface area contributed by atoms with Gasteiger partial charge in [0.05, 0.1) is 11.3 Å². The molecule has 0 aromatic heterocycles. The summed E-state index contributed by atoms with van der Waals surface area (Å²) in [6, 6.07) is 24.5. The number of benzene rings is 3. The molecule has 1 aliphatic rings. The van der Waals surface area contributed by atoms with Gasteiger partial charge in [-0.05, 0) is 53.8 Å². The maximum atomic E-state index is 12.9. The Balaban J connectivity index is 1.36. The summed E-state index contributed by atoms with van der Waals surface area (Å²) >= 11 is 0. The van der Waals surface area contributed by atoms with E-state index in [1.165, 1.54) is 0 Å². The van der Waals surface area contributed by atoms with Crippen molar-refractivity contribution < 1.29 is 13.2 Å². The molecule has 5 nitrogen and oxygen atoms in total. The first-order valence-corrected chi connectivity index (χ1v) is 12.5. The van der Waals surface area contributed by atoms with E-state index < -0.39 is 10.0 Å².